The minimum atomic E-state index is 0.418. The minimum absolute atomic E-state index is 0.418. The van der Waals surface area contributed by atoms with Crippen LogP contribution in [0.5, 0.6) is 5.88 Å². The Morgan fingerprint density at radius 3 is 2.89 bits per heavy atom. The normalized spacial score (nSPS) is 15.2. The van der Waals surface area contributed by atoms with E-state index in [0.717, 1.165) is 53.5 Å². The van der Waals surface area contributed by atoms with Crippen molar-refractivity contribution in [3.63, 3.8) is 0 Å². The van der Waals surface area contributed by atoms with E-state index in [-0.39, 0.29) is 0 Å². The first-order valence-corrected chi connectivity index (χ1v) is 9.42. The molecule has 1 aliphatic rings. The third-order valence-corrected chi connectivity index (χ3v) is 5.19. The van der Waals surface area contributed by atoms with Gasteiger partial charge in [-0.1, -0.05) is 6.07 Å². The molecule has 4 aromatic rings. The zero-order valence-corrected chi connectivity index (χ0v) is 15.6. The van der Waals surface area contributed by atoms with Gasteiger partial charge in [0.2, 0.25) is 11.8 Å². The fourth-order valence-corrected chi connectivity index (χ4v) is 3.72. The maximum atomic E-state index is 5.38. The molecule has 0 amide bonds. The van der Waals surface area contributed by atoms with Gasteiger partial charge in [0, 0.05) is 17.8 Å². The molecule has 8 heteroatoms. The highest BCUT2D eigenvalue weighted by Crippen LogP contribution is 2.30. The molecule has 1 aromatic carbocycles. The zero-order chi connectivity index (χ0) is 18.9. The molecule has 0 saturated carbocycles. The molecule has 142 valence electrons. The Kier molecular flexibility index (Phi) is 4.25. The first-order valence-electron chi connectivity index (χ1n) is 9.42. The number of nitrogens with one attached hydrogen (secondary N) is 2. The Morgan fingerprint density at radius 1 is 1.14 bits per heavy atom. The van der Waals surface area contributed by atoms with Crippen molar-refractivity contribution in [2.24, 2.45) is 0 Å². The maximum Gasteiger partial charge on any atom is 0.241 e. The van der Waals surface area contributed by atoms with E-state index in [1.165, 1.54) is 6.33 Å². The van der Waals surface area contributed by atoms with Gasteiger partial charge >= 0.3 is 0 Å². The van der Waals surface area contributed by atoms with Gasteiger partial charge in [-0.3, -0.25) is 0 Å². The van der Waals surface area contributed by atoms with E-state index in [9.17, 15) is 0 Å². The van der Waals surface area contributed by atoms with Crippen molar-refractivity contribution in [2.75, 3.05) is 25.5 Å². The highest BCUT2D eigenvalue weighted by atomic mass is 16.5. The third kappa shape index (κ3) is 3.01. The van der Waals surface area contributed by atoms with E-state index >= 15 is 0 Å². The molecule has 0 radical (unpaired) electrons. The molecule has 5 rings (SSSR count). The van der Waals surface area contributed by atoms with Crippen LogP contribution in [0.3, 0.4) is 0 Å². The molecule has 0 aliphatic carbocycles. The minimum Gasteiger partial charge on any atom is -0.480 e. The maximum absolute atomic E-state index is 5.38. The van der Waals surface area contributed by atoms with Crippen LogP contribution in [0.4, 0.5) is 5.95 Å². The molecule has 1 fully saturated rings. The van der Waals surface area contributed by atoms with Gasteiger partial charge in [0.05, 0.1) is 29.7 Å². The monoisotopic (exact) mass is 375 g/mol. The van der Waals surface area contributed by atoms with Crippen LogP contribution in [-0.2, 0) is 0 Å². The number of hydrogen-bond acceptors (Lipinski definition) is 7. The molecule has 0 spiro atoms. The average Bonchev–Trinajstić information content (AvgIpc) is 3.17. The number of ether oxygens (including phenoxy) is 1. The summed E-state index contributed by atoms with van der Waals surface area (Å²) in [6.07, 6.45) is 7.51. The molecule has 2 N–H and O–H groups in total. The van der Waals surface area contributed by atoms with Gasteiger partial charge in [-0.05, 0) is 49.7 Å². The second-order valence-electron chi connectivity index (χ2n) is 6.92. The summed E-state index contributed by atoms with van der Waals surface area (Å²) in [6, 6.07) is 8.54. The molecular weight excluding hydrogens is 354 g/mol. The fraction of sp³-hybridized carbons (Fsp3) is 0.300. The van der Waals surface area contributed by atoms with Gasteiger partial charge in [-0.25, -0.2) is 19.5 Å². The first kappa shape index (κ1) is 16.9. The number of fused-ring (bicyclic) bond motifs is 2. The van der Waals surface area contributed by atoms with Gasteiger partial charge in [0.15, 0.2) is 0 Å². The Morgan fingerprint density at radius 2 is 2.04 bits per heavy atom. The summed E-state index contributed by atoms with van der Waals surface area (Å²) >= 11 is 0. The van der Waals surface area contributed by atoms with Crippen LogP contribution < -0.4 is 15.4 Å². The first-order chi connectivity index (χ1) is 13.8. The smallest absolute Gasteiger partial charge is 0.241 e. The summed E-state index contributed by atoms with van der Waals surface area (Å²) < 4.78 is 7.25. The molecular formula is C20H21N7O. The average molecular weight is 375 g/mol. The summed E-state index contributed by atoms with van der Waals surface area (Å²) in [5.74, 6) is 1.23. The number of benzene rings is 1. The quantitative estimate of drug-likeness (QED) is 0.566. The van der Waals surface area contributed by atoms with Crippen molar-refractivity contribution in [3.8, 4) is 17.0 Å². The van der Waals surface area contributed by atoms with Crippen LogP contribution in [0.15, 0.2) is 43.0 Å². The molecule has 1 saturated heterocycles. The number of methoxy groups -OCH3 is 1. The molecule has 0 atom stereocenters. The summed E-state index contributed by atoms with van der Waals surface area (Å²) in [7, 11) is 1.62. The Hall–Kier alpha value is -3.26. The number of aromatic nitrogens is 5. The lowest BCUT2D eigenvalue weighted by molar-refractivity contribution is 0.402. The standard InChI is InChI=1S/C20H21N7O/c1-28-19-16-10-13(2-3-17(16)23-12-24-19)15-6-9-27-18(15)11-22-20(26-27)25-14-4-7-21-8-5-14/h2-3,6,9-12,14,21H,4-5,7-8H2,1H3,(H,25,26). The van der Waals surface area contributed by atoms with Crippen molar-refractivity contribution in [1.82, 2.24) is 29.9 Å². The van der Waals surface area contributed by atoms with Gasteiger partial charge < -0.3 is 15.4 Å². The number of rotatable bonds is 4. The second kappa shape index (κ2) is 7.05. The number of nitrogens with zero attached hydrogens (tertiary/aromatic N) is 5. The van der Waals surface area contributed by atoms with Gasteiger partial charge in [0.25, 0.3) is 0 Å². The van der Waals surface area contributed by atoms with E-state index in [2.05, 4.69) is 36.8 Å². The van der Waals surface area contributed by atoms with E-state index in [1.54, 1.807) is 7.11 Å². The van der Waals surface area contributed by atoms with Gasteiger partial charge in [0.1, 0.15) is 6.33 Å². The lowest BCUT2D eigenvalue weighted by Crippen LogP contribution is -2.35. The van der Waals surface area contributed by atoms with Crippen molar-refractivity contribution in [1.29, 1.82) is 0 Å². The topological polar surface area (TPSA) is 89.3 Å². The number of anilines is 1. The highest BCUT2D eigenvalue weighted by molar-refractivity contribution is 5.91. The summed E-state index contributed by atoms with van der Waals surface area (Å²) in [6.45, 7) is 2.06. The third-order valence-electron chi connectivity index (χ3n) is 5.19. The van der Waals surface area contributed by atoms with Crippen LogP contribution in [0, 0.1) is 0 Å². The fourth-order valence-electron chi connectivity index (χ4n) is 3.72. The van der Waals surface area contributed by atoms with Crippen LogP contribution in [0.25, 0.3) is 27.5 Å². The van der Waals surface area contributed by atoms with E-state index < -0.39 is 0 Å². The lowest BCUT2D eigenvalue weighted by Gasteiger charge is -2.23. The Balaban J connectivity index is 1.50. The summed E-state index contributed by atoms with van der Waals surface area (Å²) in [5.41, 5.74) is 3.90. The van der Waals surface area contributed by atoms with E-state index in [4.69, 9.17) is 4.74 Å². The Bertz CT molecular complexity index is 1130. The van der Waals surface area contributed by atoms with Crippen LogP contribution in [0.1, 0.15) is 12.8 Å². The predicted octanol–water partition coefficient (Wildman–Crippen LogP) is 2.51. The highest BCUT2D eigenvalue weighted by Gasteiger charge is 2.15. The van der Waals surface area contributed by atoms with Crippen molar-refractivity contribution in [2.45, 2.75) is 18.9 Å². The lowest BCUT2D eigenvalue weighted by atomic mass is 10.1. The van der Waals surface area contributed by atoms with E-state index in [1.807, 2.05) is 35.1 Å². The molecule has 8 nitrogen and oxygen atoms in total. The van der Waals surface area contributed by atoms with E-state index in [0.29, 0.717) is 17.9 Å². The van der Waals surface area contributed by atoms with Crippen molar-refractivity contribution >= 4 is 22.4 Å². The molecule has 0 bridgehead atoms. The zero-order valence-electron chi connectivity index (χ0n) is 15.6. The summed E-state index contributed by atoms with van der Waals surface area (Å²) in [4.78, 5) is 13.1. The Labute approximate surface area is 162 Å². The number of piperidine rings is 1. The van der Waals surface area contributed by atoms with Crippen LogP contribution in [-0.4, -0.2) is 50.8 Å². The molecule has 4 heterocycles. The van der Waals surface area contributed by atoms with Crippen LogP contribution in [0.2, 0.25) is 0 Å². The molecule has 28 heavy (non-hydrogen) atoms. The van der Waals surface area contributed by atoms with Crippen molar-refractivity contribution < 1.29 is 4.74 Å². The second-order valence-corrected chi connectivity index (χ2v) is 6.92. The largest absolute Gasteiger partial charge is 0.480 e. The SMILES string of the molecule is COc1ncnc2ccc(-c3ccn4nc(NC5CCNCC5)ncc34)cc12. The van der Waals surface area contributed by atoms with Crippen molar-refractivity contribution in [3.05, 3.63) is 43.0 Å². The van der Waals surface area contributed by atoms with Gasteiger partial charge in [-0.15, -0.1) is 5.10 Å². The van der Waals surface area contributed by atoms with Crippen LogP contribution >= 0.6 is 0 Å². The number of hydrogen-bond donors (Lipinski definition) is 2. The molecule has 3 aromatic heterocycles. The predicted molar refractivity (Wildman–Crippen MR) is 108 cm³/mol. The summed E-state index contributed by atoms with van der Waals surface area (Å²) in [5, 5.41) is 12.3. The van der Waals surface area contributed by atoms with Gasteiger partial charge in [-0.2, -0.15) is 0 Å². The molecule has 1 aliphatic heterocycles. The molecule has 0 unspecified atom stereocenters.